The summed E-state index contributed by atoms with van der Waals surface area (Å²) in [6.07, 6.45) is 3.81. The molecule has 0 saturated carbocycles. The summed E-state index contributed by atoms with van der Waals surface area (Å²) < 4.78 is 6.49. The molecule has 0 aliphatic rings. The minimum Gasteiger partial charge on any atom is -0.493 e. The lowest BCUT2D eigenvalue weighted by atomic mass is 10.2. The van der Waals surface area contributed by atoms with Crippen LogP contribution in [0.5, 0.6) is 5.75 Å². The third kappa shape index (κ3) is 6.94. The van der Waals surface area contributed by atoms with Gasteiger partial charge in [-0.2, -0.15) is 0 Å². The second kappa shape index (κ2) is 9.18. The van der Waals surface area contributed by atoms with Crippen molar-refractivity contribution in [1.82, 2.24) is 5.32 Å². The first-order valence-electron chi connectivity index (χ1n) is 6.63. The molecule has 1 amide bonds. The topological polar surface area (TPSA) is 75.6 Å². The molecule has 0 bridgehead atoms. The van der Waals surface area contributed by atoms with Gasteiger partial charge in [-0.1, -0.05) is 22.9 Å². The highest BCUT2D eigenvalue weighted by molar-refractivity contribution is 9.10. The second-order valence-electron chi connectivity index (χ2n) is 4.30. The number of carboxylic acid groups (broad SMARTS) is 1. The van der Waals surface area contributed by atoms with Gasteiger partial charge in [0, 0.05) is 22.7 Å². The Morgan fingerprint density at radius 1 is 1.43 bits per heavy atom. The molecule has 6 heteroatoms. The molecule has 1 aromatic rings. The summed E-state index contributed by atoms with van der Waals surface area (Å²) in [7, 11) is 0. The van der Waals surface area contributed by atoms with Crippen molar-refractivity contribution in [2.75, 3.05) is 13.2 Å². The summed E-state index contributed by atoms with van der Waals surface area (Å²) in [5.41, 5.74) is 0.784. The van der Waals surface area contributed by atoms with E-state index in [0.29, 0.717) is 12.4 Å². The minimum absolute atomic E-state index is 0.0959. The van der Waals surface area contributed by atoms with E-state index < -0.39 is 5.97 Å². The summed E-state index contributed by atoms with van der Waals surface area (Å²) in [5, 5.41) is 11.0. The molecule has 0 aromatic heterocycles. The molecule has 2 N–H and O–H groups in total. The Morgan fingerprint density at radius 3 is 2.86 bits per heavy atom. The molecular weight excluding hydrogens is 338 g/mol. The van der Waals surface area contributed by atoms with Gasteiger partial charge >= 0.3 is 5.97 Å². The number of ether oxygens (including phenoxy) is 1. The van der Waals surface area contributed by atoms with Crippen LogP contribution in [0.25, 0.3) is 6.08 Å². The molecule has 21 heavy (non-hydrogen) atoms. The Morgan fingerprint density at radius 2 is 2.19 bits per heavy atom. The van der Waals surface area contributed by atoms with Gasteiger partial charge in [-0.3, -0.25) is 9.59 Å². The molecule has 0 saturated heterocycles. The van der Waals surface area contributed by atoms with Crippen LogP contribution in [0.15, 0.2) is 28.7 Å². The number of amides is 1. The highest BCUT2D eigenvalue weighted by Crippen LogP contribution is 2.24. The molecular formula is C15H18BrNO4. The van der Waals surface area contributed by atoms with Gasteiger partial charge in [0.25, 0.3) is 0 Å². The number of nitrogens with one attached hydrogen (secondary N) is 1. The third-order valence-electron chi connectivity index (χ3n) is 2.49. The zero-order valence-electron chi connectivity index (χ0n) is 11.8. The van der Waals surface area contributed by atoms with Crippen LogP contribution in [-0.4, -0.2) is 30.1 Å². The Balaban J connectivity index is 2.67. The third-order valence-corrected chi connectivity index (χ3v) is 2.98. The highest BCUT2D eigenvalue weighted by Gasteiger charge is 2.03. The first-order chi connectivity index (χ1) is 10.0. The smallest absolute Gasteiger partial charge is 0.305 e. The van der Waals surface area contributed by atoms with Crippen molar-refractivity contribution < 1.29 is 19.4 Å². The summed E-state index contributed by atoms with van der Waals surface area (Å²) in [5.74, 6) is -0.575. The molecule has 1 rings (SSSR count). The Bertz CT molecular complexity index is 528. The number of benzene rings is 1. The van der Waals surface area contributed by atoms with Crippen LogP contribution in [0.2, 0.25) is 0 Å². The van der Waals surface area contributed by atoms with Gasteiger partial charge in [-0.05, 0) is 30.7 Å². The molecule has 114 valence electrons. The lowest BCUT2D eigenvalue weighted by molar-refractivity contribution is -0.136. The van der Waals surface area contributed by atoms with Crippen molar-refractivity contribution in [2.45, 2.75) is 19.8 Å². The normalized spacial score (nSPS) is 10.6. The number of hydrogen-bond acceptors (Lipinski definition) is 3. The molecule has 0 fully saturated rings. The van der Waals surface area contributed by atoms with Gasteiger partial charge < -0.3 is 15.2 Å². The minimum atomic E-state index is -0.943. The number of carbonyl (C=O) groups is 2. The lowest BCUT2D eigenvalue weighted by Gasteiger charge is -2.08. The standard InChI is InChI=1S/C15H18BrNO4/c1-2-9-21-13-5-4-12(16)10-11(13)3-6-14(18)17-8-7-15(19)20/h3-6,10H,2,7-9H2,1H3,(H,17,18)(H,19,20)/b6-3+. The Labute approximate surface area is 132 Å². The molecule has 0 aliphatic heterocycles. The maximum absolute atomic E-state index is 11.6. The first-order valence-corrected chi connectivity index (χ1v) is 7.42. The lowest BCUT2D eigenvalue weighted by Crippen LogP contribution is -2.23. The largest absolute Gasteiger partial charge is 0.493 e. The predicted molar refractivity (Wildman–Crippen MR) is 84.2 cm³/mol. The zero-order chi connectivity index (χ0) is 15.7. The molecule has 0 unspecified atom stereocenters. The quantitative estimate of drug-likeness (QED) is 0.703. The molecule has 0 aliphatic carbocycles. The van der Waals surface area contributed by atoms with Crippen LogP contribution in [0, 0.1) is 0 Å². The number of halogens is 1. The summed E-state index contributed by atoms with van der Waals surface area (Å²) in [6, 6.07) is 5.56. The van der Waals surface area contributed by atoms with Gasteiger partial charge in [-0.25, -0.2) is 0 Å². The van der Waals surface area contributed by atoms with Gasteiger partial charge in [0.15, 0.2) is 0 Å². The monoisotopic (exact) mass is 355 g/mol. The molecule has 1 aromatic carbocycles. The molecule has 0 radical (unpaired) electrons. The van der Waals surface area contributed by atoms with Crippen molar-refractivity contribution in [3.05, 3.63) is 34.3 Å². The van der Waals surface area contributed by atoms with E-state index in [9.17, 15) is 9.59 Å². The molecule has 5 nitrogen and oxygen atoms in total. The van der Waals surface area contributed by atoms with E-state index in [1.165, 1.54) is 6.08 Å². The van der Waals surface area contributed by atoms with Gasteiger partial charge in [0.2, 0.25) is 5.91 Å². The van der Waals surface area contributed by atoms with Gasteiger partial charge in [-0.15, -0.1) is 0 Å². The van der Waals surface area contributed by atoms with Crippen molar-refractivity contribution in [1.29, 1.82) is 0 Å². The van der Waals surface area contributed by atoms with Crippen LogP contribution >= 0.6 is 15.9 Å². The van der Waals surface area contributed by atoms with Crippen LogP contribution < -0.4 is 10.1 Å². The molecule has 0 heterocycles. The van der Waals surface area contributed by atoms with Crippen molar-refractivity contribution in [3.8, 4) is 5.75 Å². The maximum atomic E-state index is 11.6. The van der Waals surface area contributed by atoms with E-state index in [1.807, 2.05) is 25.1 Å². The van der Waals surface area contributed by atoms with E-state index in [1.54, 1.807) is 6.08 Å². The van der Waals surface area contributed by atoms with Crippen molar-refractivity contribution >= 4 is 33.9 Å². The fraction of sp³-hybridized carbons (Fsp3) is 0.333. The number of hydrogen-bond donors (Lipinski definition) is 2. The number of rotatable bonds is 8. The number of carbonyl (C=O) groups excluding carboxylic acids is 1. The number of carboxylic acids is 1. The van der Waals surface area contributed by atoms with E-state index in [2.05, 4.69) is 21.2 Å². The first kappa shape index (κ1) is 17.2. The molecule has 0 atom stereocenters. The van der Waals surface area contributed by atoms with Crippen LogP contribution in [0.3, 0.4) is 0 Å². The average molecular weight is 356 g/mol. The Hall–Kier alpha value is -1.82. The SMILES string of the molecule is CCCOc1ccc(Br)cc1/C=C/C(=O)NCCC(=O)O. The average Bonchev–Trinajstić information content (AvgIpc) is 2.43. The Kier molecular flexibility index (Phi) is 7.53. The fourth-order valence-corrected chi connectivity index (χ4v) is 1.89. The second-order valence-corrected chi connectivity index (χ2v) is 5.21. The zero-order valence-corrected chi connectivity index (χ0v) is 13.4. The predicted octanol–water partition coefficient (Wildman–Crippen LogP) is 2.84. The van der Waals surface area contributed by atoms with Crippen molar-refractivity contribution in [2.24, 2.45) is 0 Å². The highest BCUT2D eigenvalue weighted by atomic mass is 79.9. The van der Waals surface area contributed by atoms with Gasteiger partial charge in [0.05, 0.1) is 13.0 Å². The molecule has 0 spiro atoms. The van der Waals surface area contributed by atoms with Crippen LogP contribution in [0.4, 0.5) is 0 Å². The van der Waals surface area contributed by atoms with Crippen molar-refractivity contribution in [3.63, 3.8) is 0 Å². The van der Waals surface area contributed by atoms with Gasteiger partial charge in [0.1, 0.15) is 5.75 Å². The number of aliphatic carboxylic acids is 1. The van der Waals surface area contributed by atoms with Crippen LogP contribution in [-0.2, 0) is 9.59 Å². The van der Waals surface area contributed by atoms with Crippen LogP contribution in [0.1, 0.15) is 25.3 Å². The van der Waals surface area contributed by atoms with E-state index in [0.717, 1.165) is 16.5 Å². The fourth-order valence-electron chi connectivity index (χ4n) is 1.51. The summed E-state index contributed by atoms with van der Waals surface area (Å²) in [6.45, 7) is 2.73. The van der Waals surface area contributed by atoms with E-state index in [4.69, 9.17) is 9.84 Å². The summed E-state index contributed by atoms with van der Waals surface area (Å²) >= 11 is 3.37. The van der Waals surface area contributed by atoms with E-state index >= 15 is 0 Å². The maximum Gasteiger partial charge on any atom is 0.305 e. The summed E-state index contributed by atoms with van der Waals surface area (Å²) in [4.78, 5) is 21.9. The van der Waals surface area contributed by atoms with E-state index in [-0.39, 0.29) is 18.9 Å².